The molecular weight excluding hydrogens is 521 g/mol. The Morgan fingerprint density at radius 3 is 2.39 bits per heavy atom. The van der Waals surface area contributed by atoms with Gasteiger partial charge in [-0.1, -0.05) is 29.3 Å². The van der Waals surface area contributed by atoms with E-state index in [0.717, 1.165) is 5.52 Å². The highest BCUT2D eigenvalue weighted by molar-refractivity contribution is 7.92. The number of hydrogen-bond donors (Lipinski definition) is 0. The molecule has 1 aromatic heterocycles. The normalized spacial score (nSPS) is 16.3. The molecule has 0 N–H and O–H groups in total. The van der Waals surface area contributed by atoms with Gasteiger partial charge in [-0.15, -0.1) is 0 Å². The van der Waals surface area contributed by atoms with Crippen molar-refractivity contribution in [3.63, 3.8) is 0 Å². The fourth-order valence-corrected chi connectivity index (χ4v) is 5.95. The number of aryl methyl sites for hydroxylation is 1. The smallest absolute Gasteiger partial charge is 0.290 e. The monoisotopic (exact) mass is 551 g/mol. The number of carbonyl (C=O) groups excluding carboxylic acids is 1. The van der Waals surface area contributed by atoms with Gasteiger partial charge < -0.3 is 9.47 Å². The van der Waals surface area contributed by atoms with E-state index in [0.29, 0.717) is 65.2 Å². The van der Waals surface area contributed by atoms with Crippen molar-refractivity contribution >= 4 is 55.9 Å². The van der Waals surface area contributed by atoms with E-state index < -0.39 is 10.0 Å². The van der Waals surface area contributed by atoms with Crippen LogP contribution >= 0.6 is 23.2 Å². The molecule has 1 aliphatic heterocycles. The van der Waals surface area contributed by atoms with Crippen molar-refractivity contribution in [3.8, 4) is 0 Å². The molecule has 0 saturated carbocycles. The Morgan fingerprint density at radius 2 is 1.69 bits per heavy atom. The van der Waals surface area contributed by atoms with Crippen LogP contribution in [-0.4, -0.2) is 72.2 Å². The van der Waals surface area contributed by atoms with Crippen LogP contribution in [0.15, 0.2) is 36.4 Å². The molecule has 0 atom stereocenters. The van der Waals surface area contributed by atoms with Gasteiger partial charge in [0.05, 0.1) is 23.0 Å². The topological polar surface area (TPSA) is 78.8 Å². The van der Waals surface area contributed by atoms with Crippen molar-refractivity contribution in [3.05, 3.63) is 57.8 Å². The van der Waals surface area contributed by atoms with Gasteiger partial charge in [0.25, 0.3) is 5.91 Å². The zero-order valence-corrected chi connectivity index (χ0v) is 23.2. The molecule has 1 aliphatic rings. The first-order valence-electron chi connectivity index (χ1n) is 11.9. The lowest BCUT2D eigenvalue weighted by molar-refractivity contribution is 0.0696. The summed E-state index contributed by atoms with van der Waals surface area (Å²) in [6.07, 6.45) is 1.85. The predicted octanol–water partition coefficient (Wildman–Crippen LogP) is 4.40. The lowest BCUT2D eigenvalue weighted by Crippen LogP contribution is -2.42. The average Bonchev–Trinajstić information content (AvgIpc) is 3.10. The van der Waals surface area contributed by atoms with E-state index in [1.165, 1.54) is 10.6 Å². The Bertz CT molecular complexity index is 1390. The Morgan fingerprint density at radius 1 is 1.00 bits per heavy atom. The third-order valence-corrected chi connectivity index (χ3v) is 8.24. The lowest BCUT2D eigenvalue weighted by atomic mass is 10.1. The van der Waals surface area contributed by atoms with Crippen LogP contribution in [0.5, 0.6) is 0 Å². The maximum Gasteiger partial charge on any atom is 0.290 e. The van der Waals surface area contributed by atoms with Crippen LogP contribution in [0.25, 0.3) is 11.0 Å². The van der Waals surface area contributed by atoms with Gasteiger partial charge in [-0.05, 0) is 56.2 Å². The Balaban J connectivity index is 1.80. The number of hydrogen-bond acceptors (Lipinski definition) is 5. The van der Waals surface area contributed by atoms with Gasteiger partial charge in [-0.3, -0.25) is 14.0 Å². The van der Waals surface area contributed by atoms with E-state index in [2.05, 4.69) is 23.7 Å². The fraction of sp³-hybridized carbons (Fsp3) is 0.440. The van der Waals surface area contributed by atoms with Crippen LogP contribution in [0, 0.1) is 0 Å². The fourth-order valence-electron chi connectivity index (χ4n) is 4.63. The maximum absolute atomic E-state index is 13.9. The number of sulfonamides is 1. The quantitative estimate of drug-likeness (QED) is 0.482. The Hall–Kier alpha value is -2.33. The molecule has 0 bridgehead atoms. The average molecular weight is 553 g/mol. The lowest BCUT2D eigenvalue weighted by Gasteiger charge is -2.30. The van der Waals surface area contributed by atoms with Crippen LogP contribution in [0.3, 0.4) is 0 Å². The Kier molecular flexibility index (Phi) is 7.85. The second-order valence-electron chi connectivity index (χ2n) is 9.45. The molecule has 11 heteroatoms. The molecule has 8 nitrogen and oxygen atoms in total. The predicted molar refractivity (Wildman–Crippen MR) is 145 cm³/mol. The number of carbonyl (C=O) groups is 1. The van der Waals surface area contributed by atoms with Gasteiger partial charge in [0.15, 0.2) is 5.82 Å². The van der Waals surface area contributed by atoms with E-state index >= 15 is 0 Å². The van der Waals surface area contributed by atoms with Gasteiger partial charge in [-0.2, -0.15) is 0 Å². The summed E-state index contributed by atoms with van der Waals surface area (Å²) in [5.74, 6) is 0.0632. The highest BCUT2D eigenvalue weighted by atomic mass is 35.5. The number of aromatic nitrogens is 2. The minimum atomic E-state index is -3.57. The molecule has 1 amide bonds. The highest BCUT2D eigenvalue weighted by Crippen LogP contribution is 2.30. The first kappa shape index (κ1) is 26.7. The van der Waals surface area contributed by atoms with Crippen LogP contribution in [0.2, 0.25) is 10.0 Å². The number of nitrogens with zero attached hydrogens (tertiary/aromatic N) is 5. The molecule has 3 aromatic rings. The third-order valence-electron chi connectivity index (χ3n) is 6.59. The molecular formula is C25H31Cl2N5O3S. The number of fused-ring (bicyclic) bond motifs is 2. The van der Waals surface area contributed by atoms with Crippen LogP contribution in [-0.2, 0) is 23.6 Å². The molecule has 0 radical (unpaired) electrons. The summed E-state index contributed by atoms with van der Waals surface area (Å²) in [6, 6.07) is 10.8. The summed E-state index contributed by atoms with van der Waals surface area (Å²) in [5.41, 5.74) is 2.65. The zero-order chi connectivity index (χ0) is 26.2. The van der Waals surface area contributed by atoms with Gasteiger partial charge in [0.2, 0.25) is 10.0 Å². The van der Waals surface area contributed by atoms with E-state index in [1.54, 1.807) is 39.8 Å². The van der Waals surface area contributed by atoms with Crippen molar-refractivity contribution in [2.45, 2.75) is 32.9 Å². The summed E-state index contributed by atoms with van der Waals surface area (Å²) >= 11 is 12.4. The molecule has 36 heavy (non-hydrogen) atoms. The molecule has 0 aliphatic carbocycles. The molecule has 0 spiro atoms. The minimum absolute atomic E-state index is 0.216. The summed E-state index contributed by atoms with van der Waals surface area (Å²) in [6.45, 7) is 6.56. The van der Waals surface area contributed by atoms with Crippen LogP contribution in [0.4, 0.5) is 5.69 Å². The van der Waals surface area contributed by atoms with Crippen molar-refractivity contribution in [2.24, 2.45) is 7.05 Å². The van der Waals surface area contributed by atoms with E-state index in [4.69, 9.17) is 23.2 Å². The third kappa shape index (κ3) is 5.64. The Labute approximate surface area is 222 Å². The molecule has 0 unspecified atom stereocenters. The molecule has 2 heterocycles. The number of halogens is 2. The minimum Gasteiger partial charge on any atom is -0.330 e. The zero-order valence-electron chi connectivity index (χ0n) is 20.9. The van der Waals surface area contributed by atoms with Crippen molar-refractivity contribution in [1.82, 2.24) is 19.4 Å². The maximum atomic E-state index is 13.9. The first-order valence-corrected chi connectivity index (χ1v) is 14.5. The largest absolute Gasteiger partial charge is 0.330 e. The molecule has 0 saturated heterocycles. The summed E-state index contributed by atoms with van der Waals surface area (Å²) in [4.78, 5) is 22.5. The second-order valence-corrected chi connectivity index (χ2v) is 12.2. The molecule has 0 fully saturated rings. The van der Waals surface area contributed by atoms with Gasteiger partial charge >= 0.3 is 0 Å². The van der Waals surface area contributed by atoms with Gasteiger partial charge in [0.1, 0.15) is 0 Å². The molecule has 4 rings (SSSR count). The number of amides is 1. The van der Waals surface area contributed by atoms with E-state index in [1.807, 2.05) is 13.1 Å². The standard InChI is InChI=1S/C25H31Cl2N5O3S/c1-17(2)30-10-5-11-32(36(4,34)35)23-15-20(27)7-6-18(23)16-31(13-12-30)25(33)24-28-21-14-19(26)8-9-22(21)29(24)3/h6-9,14-15,17H,5,10-13,16H2,1-4H3. The van der Waals surface area contributed by atoms with Crippen molar-refractivity contribution < 1.29 is 13.2 Å². The summed E-state index contributed by atoms with van der Waals surface area (Å²) in [5, 5.41) is 0.986. The number of rotatable bonds is 3. The second kappa shape index (κ2) is 10.6. The number of imidazole rings is 1. The molecule has 194 valence electrons. The van der Waals surface area contributed by atoms with Crippen LogP contribution < -0.4 is 4.31 Å². The van der Waals surface area contributed by atoms with Gasteiger partial charge in [-0.25, -0.2) is 13.4 Å². The number of anilines is 1. The highest BCUT2D eigenvalue weighted by Gasteiger charge is 2.28. The van der Waals surface area contributed by atoms with Crippen molar-refractivity contribution in [2.75, 3.05) is 36.7 Å². The SMILES string of the molecule is CC(C)N1CCCN(S(C)(=O)=O)c2cc(Cl)ccc2CN(C(=O)c2nc3cc(Cl)ccc3n2C)CC1. The molecule has 2 aromatic carbocycles. The number of benzene rings is 2. The summed E-state index contributed by atoms with van der Waals surface area (Å²) < 4.78 is 28.8. The first-order chi connectivity index (χ1) is 17.0. The van der Waals surface area contributed by atoms with E-state index in [9.17, 15) is 13.2 Å². The van der Waals surface area contributed by atoms with Crippen molar-refractivity contribution in [1.29, 1.82) is 0 Å². The van der Waals surface area contributed by atoms with E-state index in [-0.39, 0.29) is 18.5 Å². The summed E-state index contributed by atoms with van der Waals surface area (Å²) in [7, 11) is -1.76. The van der Waals surface area contributed by atoms with Crippen LogP contribution in [0.1, 0.15) is 36.5 Å². The van der Waals surface area contributed by atoms with Gasteiger partial charge in [0, 0.05) is 55.9 Å².